The van der Waals surface area contributed by atoms with E-state index in [1.165, 1.54) is 24.2 Å². The SMILES string of the molecule is CC(C)C1CC2=C(C1)NCC=N2. The zero-order valence-electron chi connectivity index (χ0n) is 7.80. The van der Waals surface area contributed by atoms with E-state index in [4.69, 9.17) is 0 Å². The van der Waals surface area contributed by atoms with Crippen LogP contribution in [0, 0.1) is 11.8 Å². The first-order chi connectivity index (χ1) is 5.77. The minimum atomic E-state index is 0.785. The number of aliphatic imine (C=N–C) groups is 1. The molecule has 0 radical (unpaired) electrons. The summed E-state index contributed by atoms with van der Waals surface area (Å²) >= 11 is 0. The Morgan fingerprint density at radius 1 is 1.50 bits per heavy atom. The van der Waals surface area contributed by atoms with E-state index in [0.717, 1.165) is 18.4 Å². The van der Waals surface area contributed by atoms with Gasteiger partial charge in [0.25, 0.3) is 0 Å². The molecule has 0 saturated heterocycles. The van der Waals surface area contributed by atoms with Crippen molar-refractivity contribution >= 4 is 6.21 Å². The average Bonchev–Trinajstić information content (AvgIpc) is 2.46. The van der Waals surface area contributed by atoms with Crippen molar-refractivity contribution in [3.8, 4) is 0 Å². The van der Waals surface area contributed by atoms with E-state index < -0.39 is 0 Å². The van der Waals surface area contributed by atoms with Crippen molar-refractivity contribution in [1.29, 1.82) is 0 Å². The van der Waals surface area contributed by atoms with Crippen LogP contribution in [-0.4, -0.2) is 12.8 Å². The van der Waals surface area contributed by atoms with Crippen molar-refractivity contribution in [3.05, 3.63) is 11.4 Å². The first kappa shape index (κ1) is 7.84. The zero-order valence-corrected chi connectivity index (χ0v) is 7.80. The molecular weight excluding hydrogens is 148 g/mol. The van der Waals surface area contributed by atoms with Gasteiger partial charge >= 0.3 is 0 Å². The summed E-state index contributed by atoms with van der Waals surface area (Å²) in [7, 11) is 0. The van der Waals surface area contributed by atoms with Gasteiger partial charge in [-0.2, -0.15) is 0 Å². The van der Waals surface area contributed by atoms with Crippen LogP contribution in [0.5, 0.6) is 0 Å². The number of hydrogen-bond acceptors (Lipinski definition) is 2. The van der Waals surface area contributed by atoms with Gasteiger partial charge in [-0.1, -0.05) is 13.8 Å². The smallest absolute Gasteiger partial charge is 0.0592 e. The third-order valence-electron chi connectivity index (χ3n) is 2.87. The summed E-state index contributed by atoms with van der Waals surface area (Å²) in [6.45, 7) is 5.52. The van der Waals surface area contributed by atoms with E-state index in [2.05, 4.69) is 24.2 Å². The number of allylic oxidation sites excluding steroid dienone is 2. The fourth-order valence-electron chi connectivity index (χ4n) is 1.92. The lowest BCUT2D eigenvalue weighted by atomic mass is 9.93. The molecule has 0 saturated carbocycles. The average molecular weight is 164 g/mol. The molecule has 1 heterocycles. The summed E-state index contributed by atoms with van der Waals surface area (Å²) < 4.78 is 0. The molecule has 66 valence electrons. The molecule has 0 aromatic heterocycles. The molecule has 0 fully saturated rings. The van der Waals surface area contributed by atoms with Gasteiger partial charge in [-0.15, -0.1) is 0 Å². The Hall–Kier alpha value is -0.790. The molecule has 0 aromatic rings. The van der Waals surface area contributed by atoms with Gasteiger partial charge in [0.1, 0.15) is 0 Å². The van der Waals surface area contributed by atoms with Crippen LogP contribution in [0.4, 0.5) is 0 Å². The highest BCUT2D eigenvalue weighted by Crippen LogP contribution is 2.35. The Morgan fingerprint density at radius 3 is 3.00 bits per heavy atom. The first-order valence-corrected chi connectivity index (χ1v) is 4.76. The number of rotatable bonds is 1. The molecule has 0 amide bonds. The third kappa shape index (κ3) is 1.26. The topological polar surface area (TPSA) is 24.4 Å². The molecule has 1 unspecified atom stereocenters. The Kier molecular flexibility index (Phi) is 1.91. The molecule has 2 rings (SSSR count). The lowest BCUT2D eigenvalue weighted by Gasteiger charge is -2.13. The van der Waals surface area contributed by atoms with Gasteiger partial charge in [0.2, 0.25) is 0 Å². The van der Waals surface area contributed by atoms with Gasteiger partial charge in [-0.05, 0) is 24.7 Å². The monoisotopic (exact) mass is 164 g/mol. The summed E-state index contributed by atoms with van der Waals surface area (Å²) in [4.78, 5) is 4.42. The van der Waals surface area contributed by atoms with Crippen molar-refractivity contribution in [3.63, 3.8) is 0 Å². The maximum atomic E-state index is 4.42. The van der Waals surface area contributed by atoms with Crippen LogP contribution in [0.15, 0.2) is 16.4 Å². The van der Waals surface area contributed by atoms with Gasteiger partial charge in [-0.25, -0.2) is 0 Å². The fourth-order valence-corrected chi connectivity index (χ4v) is 1.92. The molecular formula is C10H16N2. The van der Waals surface area contributed by atoms with Gasteiger partial charge in [0, 0.05) is 11.9 Å². The lowest BCUT2D eigenvalue weighted by molar-refractivity contribution is 0.398. The van der Waals surface area contributed by atoms with Gasteiger partial charge in [0.15, 0.2) is 0 Å². The molecule has 1 aliphatic heterocycles. The fraction of sp³-hybridized carbons (Fsp3) is 0.700. The summed E-state index contributed by atoms with van der Waals surface area (Å²) in [6, 6.07) is 0. The van der Waals surface area contributed by atoms with Crippen molar-refractivity contribution < 1.29 is 0 Å². The van der Waals surface area contributed by atoms with Crippen molar-refractivity contribution in [2.24, 2.45) is 16.8 Å². The maximum Gasteiger partial charge on any atom is 0.0592 e. The zero-order chi connectivity index (χ0) is 8.55. The van der Waals surface area contributed by atoms with E-state index in [1.54, 1.807) is 0 Å². The predicted octanol–water partition coefficient (Wildman–Crippen LogP) is 1.94. The Morgan fingerprint density at radius 2 is 2.33 bits per heavy atom. The standard InChI is InChI=1S/C10H16N2/c1-7(2)8-5-9-10(6-8)12-4-3-11-9/h3,7-8,12H,4-6H2,1-2H3. The summed E-state index contributed by atoms with van der Waals surface area (Å²) in [5.74, 6) is 1.60. The van der Waals surface area contributed by atoms with Crippen LogP contribution in [-0.2, 0) is 0 Å². The first-order valence-electron chi connectivity index (χ1n) is 4.76. The second-order valence-electron chi connectivity index (χ2n) is 4.03. The van der Waals surface area contributed by atoms with E-state index in [-0.39, 0.29) is 0 Å². The van der Waals surface area contributed by atoms with Crippen LogP contribution >= 0.6 is 0 Å². The summed E-state index contributed by atoms with van der Waals surface area (Å²) in [5.41, 5.74) is 2.70. The van der Waals surface area contributed by atoms with Crippen molar-refractivity contribution in [2.75, 3.05) is 6.54 Å². The second kappa shape index (κ2) is 2.92. The molecule has 12 heavy (non-hydrogen) atoms. The number of nitrogens with one attached hydrogen (secondary N) is 1. The Labute approximate surface area is 73.8 Å². The van der Waals surface area contributed by atoms with E-state index >= 15 is 0 Å². The number of hydrogen-bond donors (Lipinski definition) is 1. The van der Waals surface area contributed by atoms with Crippen LogP contribution < -0.4 is 5.32 Å². The molecule has 0 spiro atoms. The highest BCUT2D eigenvalue weighted by Gasteiger charge is 2.26. The summed E-state index contributed by atoms with van der Waals surface area (Å²) in [6.07, 6.45) is 4.36. The van der Waals surface area contributed by atoms with Gasteiger partial charge in [-0.3, -0.25) is 4.99 Å². The maximum absolute atomic E-state index is 4.42. The molecule has 0 aromatic carbocycles. The lowest BCUT2D eigenvalue weighted by Crippen LogP contribution is -2.19. The minimum absolute atomic E-state index is 0.785. The van der Waals surface area contributed by atoms with Gasteiger partial charge in [0.05, 0.1) is 12.2 Å². The van der Waals surface area contributed by atoms with Crippen LogP contribution in [0.3, 0.4) is 0 Å². The summed E-state index contributed by atoms with van der Waals surface area (Å²) in [5, 5.41) is 3.40. The van der Waals surface area contributed by atoms with E-state index in [1.807, 2.05) is 6.21 Å². The molecule has 2 aliphatic rings. The quantitative estimate of drug-likeness (QED) is 0.629. The third-order valence-corrected chi connectivity index (χ3v) is 2.87. The second-order valence-corrected chi connectivity index (χ2v) is 4.03. The molecule has 1 atom stereocenters. The van der Waals surface area contributed by atoms with E-state index in [9.17, 15) is 0 Å². The minimum Gasteiger partial charge on any atom is -0.382 e. The molecule has 1 N–H and O–H groups in total. The van der Waals surface area contributed by atoms with Crippen LogP contribution in [0.25, 0.3) is 0 Å². The molecule has 2 heteroatoms. The highest BCUT2D eigenvalue weighted by molar-refractivity contribution is 5.64. The van der Waals surface area contributed by atoms with Crippen molar-refractivity contribution in [1.82, 2.24) is 5.32 Å². The highest BCUT2D eigenvalue weighted by atomic mass is 15.0. The molecule has 1 aliphatic carbocycles. The van der Waals surface area contributed by atoms with Crippen LogP contribution in [0.2, 0.25) is 0 Å². The normalized spacial score (nSPS) is 27.8. The largest absolute Gasteiger partial charge is 0.382 e. The predicted molar refractivity (Wildman–Crippen MR) is 51.1 cm³/mol. The molecule has 0 bridgehead atoms. The van der Waals surface area contributed by atoms with E-state index in [0.29, 0.717) is 0 Å². The van der Waals surface area contributed by atoms with Gasteiger partial charge < -0.3 is 5.32 Å². The molecule has 2 nitrogen and oxygen atoms in total. The Balaban J connectivity index is 2.08. The van der Waals surface area contributed by atoms with Crippen molar-refractivity contribution in [2.45, 2.75) is 26.7 Å². The Bertz CT molecular complexity index is 238. The number of nitrogens with zero attached hydrogens (tertiary/aromatic N) is 1. The van der Waals surface area contributed by atoms with Crippen LogP contribution in [0.1, 0.15) is 26.7 Å².